The van der Waals surface area contributed by atoms with Crippen LogP contribution in [0.15, 0.2) is 63.7 Å². The van der Waals surface area contributed by atoms with Crippen molar-refractivity contribution in [1.29, 1.82) is 0 Å². The van der Waals surface area contributed by atoms with Crippen molar-refractivity contribution in [1.82, 2.24) is 19.3 Å². The summed E-state index contributed by atoms with van der Waals surface area (Å²) in [4.78, 5) is 33.6. The maximum atomic E-state index is 12.8. The number of carbonyl (C=O) groups is 1. The minimum atomic E-state index is -4.04. The van der Waals surface area contributed by atoms with Gasteiger partial charge in [-0.1, -0.05) is 23.7 Å². The van der Waals surface area contributed by atoms with Crippen LogP contribution in [0.2, 0.25) is 4.34 Å². The number of benzene rings is 1. The Morgan fingerprint density at radius 2 is 1.90 bits per heavy atom. The summed E-state index contributed by atoms with van der Waals surface area (Å²) < 4.78 is 27.8. The molecule has 12 heteroatoms. The van der Waals surface area contributed by atoms with Crippen LogP contribution in [0.4, 0.5) is 10.5 Å². The summed E-state index contributed by atoms with van der Waals surface area (Å²) in [6.07, 6.45) is 1.31. The lowest BCUT2D eigenvalue weighted by Crippen LogP contribution is -2.34. The number of rotatable bonds is 4. The summed E-state index contributed by atoms with van der Waals surface area (Å²) in [5.74, 6) is 0.767. The highest BCUT2D eigenvalue weighted by Gasteiger charge is 2.20. The van der Waals surface area contributed by atoms with E-state index >= 15 is 0 Å². The molecule has 0 aliphatic heterocycles. The van der Waals surface area contributed by atoms with Crippen LogP contribution in [0.25, 0.3) is 16.7 Å². The van der Waals surface area contributed by atoms with Crippen LogP contribution < -0.4 is 15.6 Å². The van der Waals surface area contributed by atoms with E-state index in [1.807, 2.05) is 4.72 Å². The van der Waals surface area contributed by atoms with Crippen LogP contribution in [-0.2, 0) is 10.0 Å². The standard InChI is InChI=1S/C19H14ClN5O4S2/c1-11-22-14-5-3-2-4-13(14)18(26)25(11)16-8-6-12(10-21-16)23-19(27)24-31(28,29)17-9-7-15(20)30-17/h2-10H,1H3,(H2,23,24,27). The van der Waals surface area contributed by atoms with Gasteiger partial charge in [0.05, 0.1) is 27.1 Å². The van der Waals surface area contributed by atoms with Crippen LogP contribution in [0, 0.1) is 6.92 Å². The molecular weight excluding hydrogens is 462 g/mol. The lowest BCUT2D eigenvalue weighted by atomic mass is 10.2. The van der Waals surface area contributed by atoms with Gasteiger partial charge in [0, 0.05) is 0 Å². The number of urea groups is 1. The number of para-hydroxylation sites is 1. The highest BCUT2D eigenvalue weighted by Crippen LogP contribution is 2.25. The number of carbonyl (C=O) groups excluding carboxylic acids is 1. The number of hydrogen-bond acceptors (Lipinski definition) is 7. The highest BCUT2D eigenvalue weighted by atomic mass is 35.5. The Balaban J connectivity index is 1.55. The molecule has 0 aliphatic rings. The molecule has 0 radical (unpaired) electrons. The Morgan fingerprint density at radius 1 is 1.13 bits per heavy atom. The van der Waals surface area contributed by atoms with Gasteiger partial charge < -0.3 is 5.32 Å². The van der Waals surface area contributed by atoms with Crippen LogP contribution in [0.3, 0.4) is 0 Å². The normalized spacial score (nSPS) is 11.4. The average molecular weight is 476 g/mol. The molecule has 0 fully saturated rings. The first kappa shape index (κ1) is 21.0. The largest absolute Gasteiger partial charge is 0.333 e. The fraction of sp³-hybridized carbons (Fsp3) is 0.0526. The lowest BCUT2D eigenvalue weighted by Gasteiger charge is -2.11. The van der Waals surface area contributed by atoms with Crippen LogP contribution in [0.5, 0.6) is 0 Å². The van der Waals surface area contributed by atoms with Crippen molar-refractivity contribution in [3.8, 4) is 5.82 Å². The Hall–Kier alpha value is -3.28. The van der Waals surface area contributed by atoms with Gasteiger partial charge in [0.1, 0.15) is 15.9 Å². The van der Waals surface area contributed by atoms with E-state index in [1.54, 1.807) is 31.2 Å². The van der Waals surface area contributed by atoms with E-state index in [9.17, 15) is 18.0 Å². The zero-order valence-electron chi connectivity index (χ0n) is 15.9. The molecule has 3 heterocycles. The van der Waals surface area contributed by atoms with E-state index in [2.05, 4.69) is 15.3 Å². The molecule has 0 spiro atoms. The summed E-state index contributed by atoms with van der Waals surface area (Å²) in [6.45, 7) is 1.69. The third-order valence-corrected chi connectivity index (χ3v) is 7.27. The van der Waals surface area contributed by atoms with Crippen molar-refractivity contribution < 1.29 is 13.2 Å². The molecule has 0 saturated carbocycles. The molecule has 9 nitrogen and oxygen atoms in total. The fourth-order valence-electron chi connectivity index (χ4n) is 2.88. The summed E-state index contributed by atoms with van der Waals surface area (Å²) in [7, 11) is -4.04. The van der Waals surface area contributed by atoms with Crippen molar-refractivity contribution in [2.45, 2.75) is 11.1 Å². The van der Waals surface area contributed by atoms with Crippen LogP contribution >= 0.6 is 22.9 Å². The van der Waals surface area contributed by atoms with E-state index in [-0.39, 0.29) is 19.8 Å². The number of aromatic nitrogens is 3. The Labute approximate surface area is 185 Å². The molecule has 3 aromatic heterocycles. The average Bonchev–Trinajstić information content (AvgIpc) is 3.16. The number of aryl methyl sites for hydroxylation is 1. The fourth-order valence-corrected chi connectivity index (χ4v) is 5.27. The first-order chi connectivity index (χ1) is 14.7. The third kappa shape index (κ3) is 4.29. The predicted molar refractivity (Wildman–Crippen MR) is 119 cm³/mol. The second-order valence-electron chi connectivity index (χ2n) is 6.34. The van der Waals surface area contributed by atoms with E-state index in [0.717, 1.165) is 11.3 Å². The molecule has 0 unspecified atom stereocenters. The van der Waals surface area contributed by atoms with Gasteiger partial charge >= 0.3 is 6.03 Å². The number of sulfonamides is 1. The number of thiophene rings is 1. The number of halogens is 1. The van der Waals surface area contributed by atoms with Gasteiger partial charge in [-0.3, -0.25) is 4.79 Å². The molecule has 4 rings (SSSR count). The Bertz CT molecular complexity index is 1460. The van der Waals surface area contributed by atoms with Crippen molar-refractivity contribution in [2.75, 3.05) is 5.32 Å². The van der Waals surface area contributed by atoms with Gasteiger partial charge in [0.2, 0.25) is 0 Å². The number of amides is 2. The maximum Gasteiger partial charge on any atom is 0.333 e. The zero-order valence-corrected chi connectivity index (χ0v) is 18.3. The quantitative estimate of drug-likeness (QED) is 0.466. The zero-order chi connectivity index (χ0) is 22.2. The smallest absolute Gasteiger partial charge is 0.306 e. The van der Waals surface area contributed by atoms with Gasteiger partial charge in [-0.05, 0) is 43.3 Å². The first-order valence-corrected chi connectivity index (χ1v) is 11.5. The predicted octanol–water partition coefficient (Wildman–Crippen LogP) is 3.31. The second kappa shape index (κ2) is 8.10. The second-order valence-corrected chi connectivity index (χ2v) is 9.96. The minimum absolute atomic E-state index is 0.0835. The van der Waals surface area contributed by atoms with Crippen molar-refractivity contribution in [3.05, 3.63) is 75.2 Å². The summed E-state index contributed by atoms with van der Waals surface area (Å²) >= 11 is 6.57. The van der Waals surface area contributed by atoms with Gasteiger partial charge in [0.25, 0.3) is 15.6 Å². The number of fused-ring (bicyclic) bond motifs is 1. The van der Waals surface area contributed by atoms with E-state index in [0.29, 0.717) is 22.5 Å². The Kier molecular flexibility index (Phi) is 5.48. The Morgan fingerprint density at radius 3 is 2.58 bits per heavy atom. The van der Waals surface area contributed by atoms with Crippen molar-refractivity contribution in [3.63, 3.8) is 0 Å². The summed E-state index contributed by atoms with van der Waals surface area (Å²) in [5, 5.41) is 2.84. The molecule has 0 aliphatic carbocycles. The molecule has 31 heavy (non-hydrogen) atoms. The monoisotopic (exact) mass is 475 g/mol. The molecule has 0 saturated heterocycles. The summed E-state index contributed by atoms with van der Waals surface area (Å²) in [6, 6.07) is 11.8. The number of hydrogen-bond donors (Lipinski definition) is 2. The number of nitrogens with one attached hydrogen (secondary N) is 2. The first-order valence-electron chi connectivity index (χ1n) is 8.78. The molecule has 0 atom stereocenters. The SMILES string of the molecule is Cc1nc2ccccc2c(=O)n1-c1ccc(NC(=O)NS(=O)(=O)c2ccc(Cl)s2)cn1. The van der Waals surface area contributed by atoms with Crippen molar-refractivity contribution in [2.24, 2.45) is 0 Å². The van der Waals surface area contributed by atoms with Gasteiger partial charge in [-0.15, -0.1) is 11.3 Å². The maximum absolute atomic E-state index is 12.8. The van der Waals surface area contributed by atoms with E-state index < -0.39 is 16.1 Å². The third-order valence-electron chi connectivity index (χ3n) is 4.22. The lowest BCUT2D eigenvalue weighted by molar-refractivity contribution is 0.256. The molecule has 0 bridgehead atoms. The van der Waals surface area contributed by atoms with Gasteiger partial charge in [0.15, 0.2) is 0 Å². The van der Waals surface area contributed by atoms with E-state index in [4.69, 9.17) is 11.6 Å². The van der Waals surface area contributed by atoms with Gasteiger partial charge in [-0.25, -0.2) is 32.5 Å². The topological polar surface area (TPSA) is 123 Å². The number of anilines is 1. The molecule has 158 valence electrons. The number of nitrogens with zero attached hydrogens (tertiary/aromatic N) is 3. The molecular formula is C19H14ClN5O4S2. The van der Waals surface area contributed by atoms with Gasteiger partial charge in [-0.2, -0.15) is 0 Å². The summed E-state index contributed by atoms with van der Waals surface area (Å²) in [5.41, 5.74) is 0.555. The van der Waals surface area contributed by atoms with Crippen LogP contribution in [-0.4, -0.2) is 29.0 Å². The molecule has 2 N–H and O–H groups in total. The van der Waals surface area contributed by atoms with Crippen LogP contribution in [0.1, 0.15) is 5.82 Å². The number of pyridine rings is 1. The molecule has 1 aromatic carbocycles. The van der Waals surface area contributed by atoms with Crippen molar-refractivity contribution >= 4 is 55.6 Å². The molecule has 4 aromatic rings. The minimum Gasteiger partial charge on any atom is -0.306 e. The highest BCUT2D eigenvalue weighted by molar-refractivity contribution is 7.92. The molecule has 2 amide bonds. The van der Waals surface area contributed by atoms with E-state index in [1.165, 1.54) is 35.0 Å².